The normalized spacial score (nSPS) is 11.5. The number of alkyl halides is 3. The molecule has 0 radical (unpaired) electrons. The number of aliphatic hydroxyl groups excluding tert-OH is 1. The van der Waals surface area contributed by atoms with E-state index in [0.29, 0.717) is 23.5 Å². The Morgan fingerprint density at radius 3 is 2.33 bits per heavy atom. The quantitative estimate of drug-likeness (QED) is 0.527. The van der Waals surface area contributed by atoms with Crippen LogP contribution >= 0.6 is 0 Å². The lowest BCUT2D eigenvalue weighted by molar-refractivity contribution is -0.137. The Balaban J connectivity index is 0.000000589. The van der Waals surface area contributed by atoms with Crippen LogP contribution in [0, 0.1) is 0 Å². The molecule has 158 valence electrons. The van der Waals surface area contributed by atoms with E-state index in [-0.39, 0.29) is 0 Å². The lowest BCUT2D eigenvalue weighted by Crippen LogP contribution is -2.10. The Bertz CT molecular complexity index is 1190. The molecule has 30 heavy (non-hydrogen) atoms. The number of carbonyl (C=O) groups is 1. The summed E-state index contributed by atoms with van der Waals surface area (Å²) in [6.45, 7) is 2.25. The Kier molecular flexibility index (Phi) is 5.84. The van der Waals surface area contributed by atoms with E-state index in [1.807, 2.05) is 14.0 Å². The van der Waals surface area contributed by atoms with Gasteiger partial charge in [-0.2, -0.15) is 13.2 Å². The molecular formula is C21H21F3N4O2. The van der Waals surface area contributed by atoms with Crippen molar-refractivity contribution in [2.75, 3.05) is 6.61 Å². The smallest absolute Gasteiger partial charge is 0.396 e. The van der Waals surface area contributed by atoms with Crippen molar-refractivity contribution in [1.29, 1.82) is 0 Å². The first-order valence-corrected chi connectivity index (χ1v) is 9.22. The minimum Gasteiger partial charge on any atom is -0.396 e. The van der Waals surface area contributed by atoms with Crippen LogP contribution in [0.15, 0.2) is 48.8 Å². The lowest BCUT2D eigenvalue weighted by atomic mass is 10.1. The molecule has 0 aliphatic rings. The number of halogens is 3. The predicted octanol–water partition coefficient (Wildman–Crippen LogP) is 4.02. The third-order valence-corrected chi connectivity index (χ3v) is 4.58. The second kappa shape index (κ2) is 8.19. The van der Waals surface area contributed by atoms with Crippen molar-refractivity contribution in [3.8, 4) is 5.69 Å². The van der Waals surface area contributed by atoms with E-state index in [0.717, 1.165) is 35.0 Å². The molecule has 6 nitrogen and oxygen atoms in total. The number of primary amides is 1. The van der Waals surface area contributed by atoms with Gasteiger partial charge in [0, 0.05) is 30.3 Å². The summed E-state index contributed by atoms with van der Waals surface area (Å²) in [5.41, 5.74) is 7.62. The summed E-state index contributed by atoms with van der Waals surface area (Å²) in [5.74, 6) is -0.551. The van der Waals surface area contributed by atoms with Gasteiger partial charge in [-0.25, -0.2) is 4.98 Å². The van der Waals surface area contributed by atoms with E-state index in [1.165, 1.54) is 12.1 Å². The number of aromatic nitrogens is 3. The Labute approximate surface area is 170 Å². The van der Waals surface area contributed by atoms with Gasteiger partial charge in [0.25, 0.3) is 0 Å². The van der Waals surface area contributed by atoms with Gasteiger partial charge in [0.2, 0.25) is 5.91 Å². The minimum absolute atomic E-state index is 0.319. The summed E-state index contributed by atoms with van der Waals surface area (Å²) in [4.78, 5) is 15.9. The number of benzene rings is 2. The van der Waals surface area contributed by atoms with Gasteiger partial charge < -0.3 is 15.4 Å². The number of aliphatic hydroxyl groups is 1. The average Bonchev–Trinajstić information content (AvgIpc) is 3.24. The third kappa shape index (κ3) is 3.88. The lowest BCUT2D eigenvalue weighted by Gasteiger charge is -2.10. The van der Waals surface area contributed by atoms with Crippen LogP contribution in [0.25, 0.3) is 27.8 Å². The highest BCUT2D eigenvalue weighted by Crippen LogP contribution is 2.34. The van der Waals surface area contributed by atoms with Gasteiger partial charge in [0.05, 0.1) is 22.9 Å². The molecule has 0 aliphatic carbocycles. The van der Waals surface area contributed by atoms with Crippen molar-refractivity contribution in [3.05, 3.63) is 59.9 Å². The molecule has 0 atom stereocenters. The standard InChI is InChI=1S/C18H13F3N4O.C3H8O/c1-24-9-23-17-15(24)13-8-10(16(22)26)2-7-14(13)25(17)12-5-3-11(4-6-12)18(19,20)21;1-2-3-4/h2-9H,1H3,(H2,22,26);4H,2-3H2,1H3. The van der Waals surface area contributed by atoms with E-state index in [9.17, 15) is 18.0 Å². The van der Waals surface area contributed by atoms with Crippen LogP contribution < -0.4 is 5.73 Å². The molecule has 1 amide bonds. The van der Waals surface area contributed by atoms with Crippen LogP contribution in [-0.4, -0.2) is 31.7 Å². The van der Waals surface area contributed by atoms with Crippen LogP contribution in [0.3, 0.4) is 0 Å². The Morgan fingerprint density at radius 1 is 1.17 bits per heavy atom. The van der Waals surface area contributed by atoms with E-state index < -0.39 is 17.6 Å². The second-order valence-electron chi connectivity index (χ2n) is 6.73. The largest absolute Gasteiger partial charge is 0.416 e. The Morgan fingerprint density at radius 2 is 1.80 bits per heavy atom. The summed E-state index contributed by atoms with van der Waals surface area (Å²) in [6.07, 6.45) is -1.91. The molecule has 0 spiro atoms. The zero-order chi connectivity index (χ0) is 22.1. The summed E-state index contributed by atoms with van der Waals surface area (Å²) >= 11 is 0. The maximum absolute atomic E-state index is 12.8. The summed E-state index contributed by atoms with van der Waals surface area (Å²) in [5, 5.41) is 8.62. The zero-order valence-corrected chi connectivity index (χ0v) is 16.4. The molecule has 0 unspecified atom stereocenters. The molecule has 0 bridgehead atoms. The molecule has 2 aromatic carbocycles. The van der Waals surface area contributed by atoms with Crippen LogP contribution in [-0.2, 0) is 13.2 Å². The number of fused-ring (bicyclic) bond motifs is 3. The summed E-state index contributed by atoms with van der Waals surface area (Å²) < 4.78 is 42.0. The number of imidazole rings is 1. The van der Waals surface area contributed by atoms with Crippen molar-refractivity contribution >= 4 is 28.0 Å². The number of amides is 1. The number of nitrogens with zero attached hydrogens (tertiary/aromatic N) is 3. The fraction of sp³-hybridized carbons (Fsp3) is 0.238. The van der Waals surface area contributed by atoms with Crippen molar-refractivity contribution < 1.29 is 23.1 Å². The summed E-state index contributed by atoms with van der Waals surface area (Å²) in [7, 11) is 1.81. The van der Waals surface area contributed by atoms with Gasteiger partial charge in [0.15, 0.2) is 5.65 Å². The first-order chi connectivity index (χ1) is 14.2. The third-order valence-electron chi connectivity index (χ3n) is 4.58. The molecule has 4 rings (SSSR count). The van der Waals surface area contributed by atoms with Crippen molar-refractivity contribution in [1.82, 2.24) is 14.1 Å². The number of hydrogen-bond acceptors (Lipinski definition) is 3. The maximum Gasteiger partial charge on any atom is 0.416 e. The van der Waals surface area contributed by atoms with Gasteiger partial charge in [-0.1, -0.05) is 6.92 Å². The molecule has 0 fully saturated rings. The molecular weight excluding hydrogens is 397 g/mol. The Hall–Kier alpha value is -3.33. The van der Waals surface area contributed by atoms with E-state index in [4.69, 9.17) is 10.8 Å². The number of rotatable bonds is 3. The molecule has 0 aliphatic heterocycles. The van der Waals surface area contributed by atoms with Gasteiger partial charge in [-0.05, 0) is 48.9 Å². The SMILES string of the molecule is CCCO.Cn1cnc2c1c1cc(C(N)=O)ccc1n2-c1ccc(C(F)(F)F)cc1. The van der Waals surface area contributed by atoms with Crippen LogP contribution in [0.5, 0.6) is 0 Å². The topological polar surface area (TPSA) is 86.1 Å². The second-order valence-corrected chi connectivity index (χ2v) is 6.73. The predicted molar refractivity (Wildman–Crippen MR) is 108 cm³/mol. The highest BCUT2D eigenvalue weighted by atomic mass is 19.4. The number of nitrogens with two attached hydrogens (primary N) is 1. The van der Waals surface area contributed by atoms with Crippen LogP contribution in [0.4, 0.5) is 13.2 Å². The molecule has 3 N–H and O–H groups in total. The maximum atomic E-state index is 12.8. The molecule has 9 heteroatoms. The summed E-state index contributed by atoms with van der Waals surface area (Å²) in [6, 6.07) is 9.85. The van der Waals surface area contributed by atoms with Crippen LogP contribution in [0.2, 0.25) is 0 Å². The first-order valence-electron chi connectivity index (χ1n) is 9.22. The van der Waals surface area contributed by atoms with E-state index in [2.05, 4.69) is 4.98 Å². The number of aryl methyl sites for hydroxylation is 1. The van der Waals surface area contributed by atoms with E-state index in [1.54, 1.807) is 33.7 Å². The van der Waals surface area contributed by atoms with Gasteiger partial charge in [-0.15, -0.1) is 0 Å². The average molecular weight is 418 g/mol. The molecule has 0 saturated heterocycles. The molecule has 2 aromatic heterocycles. The molecule has 4 aromatic rings. The zero-order valence-electron chi connectivity index (χ0n) is 16.4. The van der Waals surface area contributed by atoms with Crippen molar-refractivity contribution in [2.24, 2.45) is 12.8 Å². The molecule has 0 saturated carbocycles. The fourth-order valence-corrected chi connectivity index (χ4v) is 3.14. The van der Waals surface area contributed by atoms with Crippen molar-refractivity contribution in [2.45, 2.75) is 19.5 Å². The fourth-order valence-electron chi connectivity index (χ4n) is 3.14. The molecule has 2 heterocycles. The van der Waals surface area contributed by atoms with Gasteiger partial charge in [0.1, 0.15) is 0 Å². The minimum atomic E-state index is -4.39. The first kappa shape index (κ1) is 21.4. The monoisotopic (exact) mass is 418 g/mol. The van der Waals surface area contributed by atoms with E-state index >= 15 is 0 Å². The van der Waals surface area contributed by atoms with Gasteiger partial charge >= 0.3 is 6.18 Å². The van der Waals surface area contributed by atoms with Crippen molar-refractivity contribution in [3.63, 3.8) is 0 Å². The number of hydrogen-bond donors (Lipinski definition) is 2. The number of carbonyl (C=O) groups excluding carboxylic acids is 1. The van der Waals surface area contributed by atoms with Gasteiger partial charge in [-0.3, -0.25) is 9.36 Å². The van der Waals surface area contributed by atoms with Crippen LogP contribution in [0.1, 0.15) is 29.3 Å². The highest BCUT2D eigenvalue weighted by molar-refractivity contribution is 6.09. The highest BCUT2D eigenvalue weighted by Gasteiger charge is 2.30.